The van der Waals surface area contributed by atoms with Gasteiger partial charge in [-0.05, 0) is 57.5 Å². The third kappa shape index (κ3) is 5.99. The Bertz CT molecular complexity index is 602. The summed E-state index contributed by atoms with van der Waals surface area (Å²) in [5.74, 6) is -0.809. The fraction of sp³-hybridized carbons (Fsp3) is 0.600. The van der Waals surface area contributed by atoms with Crippen LogP contribution in [0.2, 0.25) is 5.02 Å². The topological polar surface area (TPSA) is 49.9 Å². The third-order valence-corrected chi connectivity index (χ3v) is 5.17. The Morgan fingerprint density at radius 3 is 2.58 bits per heavy atom. The Kier molecular flexibility index (Phi) is 8.39. The van der Waals surface area contributed by atoms with Gasteiger partial charge in [0.1, 0.15) is 0 Å². The van der Waals surface area contributed by atoms with Crippen LogP contribution in [0, 0.1) is 5.92 Å². The van der Waals surface area contributed by atoms with Gasteiger partial charge in [-0.1, -0.05) is 30.7 Å². The number of hydrogen-bond donors (Lipinski definition) is 0. The minimum absolute atomic E-state index is 0.132. The predicted molar refractivity (Wildman–Crippen MR) is 103 cm³/mol. The van der Waals surface area contributed by atoms with Crippen molar-refractivity contribution in [3.05, 3.63) is 34.9 Å². The summed E-state index contributed by atoms with van der Waals surface area (Å²) in [6.07, 6.45) is 4.51. The van der Waals surface area contributed by atoms with Crippen molar-refractivity contribution < 1.29 is 14.3 Å². The van der Waals surface area contributed by atoms with E-state index in [9.17, 15) is 9.59 Å². The summed E-state index contributed by atoms with van der Waals surface area (Å²) >= 11 is 6.19. The smallest absolute Gasteiger partial charge is 0.310 e. The summed E-state index contributed by atoms with van der Waals surface area (Å²) in [4.78, 5) is 28.9. The van der Waals surface area contributed by atoms with Crippen LogP contribution in [0.3, 0.4) is 0 Å². The van der Waals surface area contributed by atoms with E-state index >= 15 is 0 Å². The largest absolute Gasteiger partial charge is 0.469 e. The molecule has 0 aromatic heterocycles. The number of ether oxygens (including phenoxy) is 1. The average molecular weight is 381 g/mol. The van der Waals surface area contributed by atoms with Crippen molar-refractivity contribution in [3.63, 3.8) is 0 Å². The van der Waals surface area contributed by atoms with Crippen LogP contribution in [0.5, 0.6) is 0 Å². The first-order chi connectivity index (χ1) is 12.5. The molecule has 0 bridgehead atoms. The summed E-state index contributed by atoms with van der Waals surface area (Å²) in [5, 5.41) is 0.435. The normalized spacial score (nSPS) is 15.7. The average Bonchev–Trinajstić information content (AvgIpc) is 3.16. The number of likely N-dealkylation sites (tertiary alicyclic amines) is 1. The molecule has 0 spiro atoms. The first-order valence-electron chi connectivity index (χ1n) is 9.37. The van der Waals surface area contributed by atoms with Gasteiger partial charge in [0.25, 0.3) is 5.91 Å². The Labute approximate surface area is 161 Å². The monoisotopic (exact) mass is 380 g/mol. The number of nitrogens with zero attached hydrogens (tertiary/aromatic N) is 2. The SMILES string of the molecule is COC(=O)C(C)CN(CCCCN1CCCC1)C(=O)c1ccccc1Cl. The molecule has 0 saturated carbocycles. The van der Waals surface area contributed by atoms with Crippen molar-refractivity contribution in [1.29, 1.82) is 0 Å². The van der Waals surface area contributed by atoms with Gasteiger partial charge < -0.3 is 14.5 Å². The van der Waals surface area contributed by atoms with Crippen molar-refractivity contribution in [2.75, 3.05) is 39.8 Å². The molecule has 1 atom stereocenters. The number of amides is 1. The van der Waals surface area contributed by atoms with Crippen LogP contribution in [0.25, 0.3) is 0 Å². The van der Waals surface area contributed by atoms with Crippen LogP contribution in [0.1, 0.15) is 43.0 Å². The van der Waals surface area contributed by atoms with Crippen molar-refractivity contribution in [1.82, 2.24) is 9.80 Å². The minimum Gasteiger partial charge on any atom is -0.469 e. The first kappa shape index (κ1) is 20.7. The van der Waals surface area contributed by atoms with Crippen LogP contribution >= 0.6 is 11.6 Å². The van der Waals surface area contributed by atoms with Crippen LogP contribution in [-0.2, 0) is 9.53 Å². The van der Waals surface area contributed by atoms with Gasteiger partial charge in [-0.25, -0.2) is 0 Å². The fourth-order valence-electron chi connectivity index (χ4n) is 3.33. The molecule has 26 heavy (non-hydrogen) atoms. The number of carbonyl (C=O) groups is 2. The lowest BCUT2D eigenvalue weighted by atomic mass is 10.1. The number of unbranched alkanes of at least 4 members (excludes halogenated alkanes) is 1. The molecule has 1 saturated heterocycles. The van der Waals surface area contributed by atoms with E-state index in [0.29, 0.717) is 23.7 Å². The van der Waals surface area contributed by atoms with E-state index in [1.165, 1.54) is 33.0 Å². The van der Waals surface area contributed by atoms with E-state index in [0.717, 1.165) is 19.4 Å². The van der Waals surface area contributed by atoms with Gasteiger partial charge in [0.05, 0.1) is 23.6 Å². The highest BCUT2D eigenvalue weighted by Crippen LogP contribution is 2.19. The maximum atomic E-state index is 12.9. The maximum Gasteiger partial charge on any atom is 0.310 e. The van der Waals surface area contributed by atoms with E-state index in [2.05, 4.69) is 4.90 Å². The lowest BCUT2D eigenvalue weighted by Gasteiger charge is -2.26. The molecule has 5 nitrogen and oxygen atoms in total. The van der Waals surface area contributed by atoms with Crippen molar-refractivity contribution >= 4 is 23.5 Å². The lowest BCUT2D eigenvalue weighted by molar-refractivity contribution is -0.145. The van der Waals surface area contributed by atoms with Gasteiger partial charge in [-0.3, -0.25) is 9.59 Å². The lowest BCUT2D eigenvalue weighted by Crippen LogP contribution is -2.38. The molecule has 1 aliphatic heterocycles. The summed E-state index contributed by atoms with van der Waals surface area (Å²) < 4.78 is 4.81. The van der Waals surface area contributed by atoms with E-state index in [1.54, 1.807) is 36.1 Å². The van der Waals surface area contributed by atoms with Gasteiger partial charge in [0.15, 0.2) is 0 Å². The first-order valence-corrected chi connectivity index (χ1v) is 9.74. The molecule has 1 fully saturated rings. The molecule has 6 heteroatoms. The van der Waals surface area contributed by atoms with E-state index in [-0.39, 0.29) is 17.8 Å². The Hall–Kier alpha value is -1.59. The Morgan fingerprint density at radius 1 is 1.23 bits per heavy atom. The highest BCUT2D eigenvalue weighted by atomic mass is 35.5. The second-order valence-corrected chi connectivity index (χ2v) is 7.32. The number of methoxy groups -OCH3 is 1. The van der Waals surface area contributed by atoms with Gasteiger partial charge >= 0.3 is 5.97 Å². The molecule has 1 heterocycles. The summed E-state index contributed by atoms with van der Waals surface area (Å²) in [6.45, 7) is 6.16. The van der Waals surface area contributed by atoms with Gasteiger partial charge in [0, 0.05) is 13.1 Å². The van der Waals surface area contributed by atoms with E-state index in [4.69, 9.17) is 16.3 Å². The molecule has 1 aromatic carbocycles. The van der Waals surface area contributed by atoms with Crippen LogP contribution in [0.15, 0.2) is 24.3 Å². The maximum absolute atomic E-state index is 12.9. The molecule has 0 radical (unpaired) electrons. The predicted octanol–water partition coefficient (Wildman–Crippen LogP) is 3.47. The quantitative estimate of drug-likeness (QED) is 0.486. The molecule has 1 aromatic rings. The Morgan fingerprint density at radius 2 is 1.92 bits per heavy atom. The molecule has 0 aliphatic carbocycles. The van der Waals surface area contributed by atoms with Crippen molar-refractivity contribution in [3.8, 4) is 0 Å². The molecule has 2 rings (SSSR count). The summed E-state index contributed by atoms with van der Waals surface area (Å²) in [5.41, 5.74) is 0.478. The molecule has 0 N–H and O–H groups in total. The van der Waals surface area contributed by atoms with E-state index in [1.807, 2.05) is 0 Å². The van der Waals surface area contributed by atoms with Crippen LogP contribution in [0.4, 0.5) is 0 Å². The molecule has 1 unspecified atom stereocenters. The highest BCUT2D eigenvalue weighted by Gasteiger charge is 2.23. The number of hydrogen-bond acceptors (Lipinski definition) is 4. The second kappa shape index (κ2) is 10.5. The van der Waals surface area contributed by atoms with Crippen LogP contribution < -0.4 is 0 Å². The van der Waals surface area contributed by atoms with Gasteiger partial charge in [-0.15, -0.1) is 0 Å². The number of esters is 1. The number of benzene rings is 1. The van der Waals surface area contributed by atoms with Crippen LogP contribution in [-0.4, -0.2) is 61.5 Å². The standard InChI is InChI=1S/C20H29ClN2O3/c1-16(20(25)26-2)15-23(14-8-7-13-22-11-5-6-12-22)19(24)17-9-3-4-10-18(17)21/h3-4,9-10,16H,5-8,11-15H2,1-2H3. The summed E-state index contributed by atoms with van der Waals surface area (Å²) in [7, 11) is 1.37. The second-order valence-electron chi connectivity index (χ2n) is 6.91. The molecule has 1 aliphatic rings. The minimum atomic E-state index is -0.370. The number of rotatable bonds is 9. The summed E-state index contributed by atoms with van der Waals surface area (Å²) in [6, 6.07) is 7.04. The fourth-order valence-corrected chi connectivity index (χ4v) is 3.55. The van der Waals surface area contributed by atoms with Gasteiger partial charge in [0.2, 0.25) is 0 Å². The zero-order chi connectivity index (χ0) is 18.9. The molecular formula is C20H29ClN2O3. The number of halogens is 1. The molecule has 1 amide bonds. The van der Waals surface area contributed by atoms with E-state index < -0.39 is 0 Å². The van der Waals surface area contributed by atoms with Crippen molar-refractivity contribution in [2.24, 2.45) is 5.92 Å². The number of carbonyl (C=O) groups excluding carboxylic acids is 2. The molecule has 144 valence electrons. The third-order valence-electron chi connectivity index (χ3n) is 4.84. The zero-order valence-electron chi connectivity index (χ0n) is 15.7. The Balaban J connectivity index is 1.97. The zero-order valence-corrected chi connectivity index (χ0v) is 16.5. The van der Waals surface area contributed by atoms with Gasteiger partial charge in [-0.2, -0.15) is 0 Å². The van der Waals surface area contributed by atoms with Crippen molar-refractivity contribution in [2.45, 2.75) is 32.6 Å². The molecular weight excluding hydrogens is 352 g/mol. The highest BCUT2D eigenvalue weighted by molar-refractivity contribution is 6.33.